The summed E-state index contributed by atoms with van der Waals surface area (Å²) in [5.74, 6) is 0.254. The van der Waals surface area contributed by atoms with Gasteiger partial charge < -0.3 is 29.9 Å². The molecule has 1 aromatic rings. The number of nitrogens with one attached hydrogen (secondary N) is 1. The Morgan fingerprint density at radius 2 is 2.00 bits per heavy atom. The van der Waals surface area contributed by atoms with Gasteiger partial charge in [0.05, 0.1) is 18.6 Å². The van der Waals surface area contributed by atoms with Crippen LogP contribution in [0.5, 0.6) is 5.75 Å². The molecule has 0 spiro atoms. The molecule has 1 aliphatic heterocycles. The predicted molar refractivity (Wildman–Crippen MR) is 131 cm³/mol. The van der Waals surface area contributed by atoms with Crippen LogP contribution in [0.15, 0.2) is 35.9 Å². The van der Waals surface area contributed by atoms with Crippen molar-refractivity contribution in [2.24, 2.45) is 5.92 Å². The molecule has 0 radical (unpaired) electrons. The van der Waals surface area contributed by atoms with Gasteiger partial charge in [-0.15, -0.1) is 0 Å². The first-order chi connectivity index (χ1) is 17.0. The summed E-state index contributed by atoms with van der Waals surface area (Å²) in [4.78, 5) is 28.4. The number of carbonyl (C=O) groups is 2. The molecule has 0 aromatic heterocycles. The van der Waals surface area contributed by atoms with Crippen LogP contribution in [0.4, 0.5) is 0 Å². The molecule has 2 aliphatic carbocycles. The topological polar surface area (TPSA) is 108 Å². The van der Waals surface area contributed by atoms with Gasteiger partial charge in [0.1, 0.15) is 18.0 Å². The Morgan fingerprint density at radius 1 is 1.23 bits per heavy atom. The lowest BCUT2D eigenvalue weighted by Crippen LogP contribution is -2.56. The molecule has 0 saturated heterocycles. The van der Waals surface area contributed by atoms with Crippen LogP contribution in [-0.4, -0.2) is 78.1 Å². The second-order valence-corrected chi connectivity index (χ2v) is 9.67. The van der Waals surface area contributed by atoms with E-state index in [1.54, 1.807) is 11.0 Å². The van der Waals surface area contributed by atoms with Crippen LogP contribution in [0.2, 0.25) is 0 Å². The summed E-state index contributed by atoms with van der Waals surface area (Å²) in [6.07, 6.45) is 5.59. The van der Waals surface area contributed by atoms with Crippen molar-refractivity contribution in [2.75, 3.05) is 32.9 Å². The summed E-state index contributed by atoms with van der Waals surface area (Å²) < 4.78 is 11.7. The Balaban J connectivity index is 1.65. The second kappa shape index (κ2) is 12.0. The molecule has 4 unspecified atom stereocenters. The van der Waals surface area contributed by atoms with Crippen molar-refractivity contribution in [2.45, 2.75) is 69.6 Å². The van der Waals surface area contributed by atoms with E-state index >= 15 is 0 Å². The highest BCUT2D eigenvalue weighted by atomic mass is 16.5. The van der Waals surface area contributed by atoms with Crippen molar-refractivity contribution in [3.8, 4) is 5.75 Å². The van der Waals surface area contributed by atoms with Crippen LogP contribution in [0.3, 0.4) is 0 Å². The van der Waals surface area contributed by atoms with E-state index < -0.39 is 24.2 Å². The Bertz CT molecular complexity index is 913. The largest absolute Gasteiger partial charge is 0.486 e. The first-order valence-electron chi connectivity index (χ1n) is 13.0. The monoisotopic (exact) mass is 486 g/mol. The van der Waals surface area contributed by atoms with Gasteiger partial charge in [-0.2, -0.15) is 0 Å². The number of benzene rings is 1. The third kappa shape index (κ3) is 5.71. The Morgan fingerprint density at radius 3 is 2.74 bits per heavy atom. The van der Waals surface area contributed by atoms with Crippen LogP contribution < -0.4 is 10.1 Å². The molecule has 8 heteroatoms. The molecule has 1 saturated carbocycles. The molecule has 1 aromatic carbocycles. The van der Waals surface area contributed by atoms with Gasteiger partial charge in [0, 0.05) is 43.9 Å². The highest BCUT2D eigenvalue weighted by Gasteiger charge is 2.50. The molecule has 192 valence electrons. The summed E-state index contributed by atoms with van der Waals surface area (Å²) in [6, 6.07) is 6.81. The molecule has 35 heavy (non-hydrogen) atoms. The van der Waals surface area contributed by atoms with E-state index in [-0.39, 0.29) is 25.0 Å². The van der Waals surface area contributed by atoms with Crippen LogP contribution in [0, 0.1) is 5.92 Å². The fourth-order valence-electron chi connectivity index (χ4n) is 5.69. The molecule has 3 aliphatic rings. The molecular formula is C27H38N2O6. The summed E-state index contributed by atoms with van der Waals surface area (Å²) in [6.45, 7) is 3.45. The first kappa shape index (κ1) is 25.7. The number of fused-ring (bicyclic) bond motifs is 3. The average molecular weight is 487 g/mol. The lowest BCUT2D eigenvalue weighted by Gasteiger charge is -2.41. The lowest BCUT2D eigenvalue weighted by molar-refractivity contribution is -0.138. The number of hydrogen-bond acceptors (Lipinski definition) is 6. The number of rotatable bonds is 11. The minimum atomic E-state index is -0.985. The second-order valence-electron chi connectivity index (χ2n) is 9.67. The van der Waals surface area contributed by atoms with E-state index in [0.29, 0.717) is 49.8 Å². The van der Waals surface area contributed by atoms with Gasteiger partial charge in [0.15, 0.2) is 0 Å². The number of nitrogens with zero attached hydrogens (tertiary/aromatic N) is 1. The van der Waals surface area contributed by atoms with E-state index in [1.165, 1.54) is 0 Å². The molecular weight excluding hydrogens is 448 g/mol. The molecule has 2 amide bonds. The van der Waals surface area contributed by atoms with E-state index in [0.717, 1.165) is 31.2 Å². The van der Waals surface area contributed by atoms with Crippen molar-refractivity contribution in [1.29, 1.82) is 0 Å². The van der Waals surface area contributed by atoms with E-state index in [9.17, 15) is 19.8 Å². The first-order valence-corrected chi connectivity index (χ1v) is 13.0. The summed E-state index contributed by atoms with van der Waals surface area (Å²) in [5.41, 5.74) is 1.31. The summed E-state index contributed by atoms with van der Waals surface area (Å²) in [7, 11) is 0. The number of ether oxygens (including phenoxy) is 2. The fraction of sp³-hybridized carbons (Fsp3) is 0.630. The van der Waals surface area contributed by atoms with E-state index in [4.69, 9.17) is 9.47 Å². The fourth-order valence-corrected chi connectivity index (χ4v) is 5.69. The molecule has 1 fully saturated rings. The normalized spacial score (nSPS) is 25.4. The van der Waals surface area contributed by atoms with Gasteiger partial charge in [-0.3, -0.25) is 9.59 Å². The minimum Gasteiger partial charge on any atom is -0.486 e. The van der Waals surface area contributed by atoms with Gasteiger partial charge in [-0.05, 0) is 44.2 Å². The molecule has 8 nitrogen and oxygen atoms in total. The number of carbonyl (C=O) groups excluding carboxylic acids is 2. The Labute approximate surface area is 207 Å². The van der Waals surface area contributed by atoms with Crippen molar-refractivity contribution >= 4 is 11.8 Å². The summed E-state index contributed by atoms with van der Waals surface area (Å²) >= 11 is 0. The number of para-hydroxylation sites is 1. The smallest absolute Gasteiger partial charge is 0.247 e. The number of hydrogen-bond donors (Lipinski definition) is 3. The van der Waals surface area contributed by atoms with Crippen LogP contribution in [0.25, 0.3) is 0 Å². The third-order valence-electron chi connectivity index (χ3n) is 7.39. The van der Waals surface area contributed by atoms with Gasteiger partial charge >= 0.3 is 0 Å². The highest BCUT2D eigenvalue weighted by Crippen LogP contribution is 2.47. The quantitative estimate of drug-likeness (QED) is 0.414. The number of aliphatic hydroxyl groups is 2. The Kier molecular flexibility index (Phi) is 8.81. The molecule has 4 atom stereocenters. The summed E-state index contributed by atoms with van der Waals surface area (Å²) in [5, 5.41) is 23.5. The Hall–Kier alpha value is -2.42. The van der Waals surface area contributed by atoms with E-state index in [2.05, 4.69) is 5.32 Å². The van der Waals surface area contributed by atoms with Crippen molar-refractivity contribution in [1.82, 2.24) is 10.2 Å². The lowest BCUT2D eigenvalue weighted by atomic mass is 9.77. The van der Waals surface area contributed by atoms with Gasteiger partial charge in [0.25, 0.3) is 0 Å². The van der Waals surface area contributed by atoms with Crippen LogP contribution >= 0.6 is 0 Å². The van der Waals surface area contributed by atoms with Crippen molar-refractivity contribution in [3.63, 3.8) is 0 Å². The molecule has 4 rings (SSSR count). The van der Waals surface area contributed by atoms with Crippen LogP contribution in [0.1, 0.15) is 56.9 Å². The van der Waals surface area contributed by atoms with Gasteiger partial charge in [-0.25, -0.2) is 0 Å². The zero-order valence-electron chi connectivity index (χ0n) is 20.5. The van der Waals surface area contributed by atoms with Crippen molar-refractivity contribution in [3.05, 3.63) is 41.5 Å². The van der Waals surface area contributed by atoms with Crippen LogP contribution in [-0.2, 0) is 14.3 Å². The standard InChI is InChI=1S/C27H38N2O6/c1-2-34-15-7-13-29(23(31)16-18-8-3-4-9-18)21-17-20(27(33)28-12-14-30)24-19-10-5-6-11-22(19)35-26(24)25(21)32/h5-6,10-11,17-18,21,24-26,30,32H,2-4,7-9,12-16H2,1H3,(H,28,33). The number of amides is 2. The molecule has 3 N–H and O–H groups in total. The highest BCUT2D eigenvalue weighted by molar-refractivity contribution is 5.96. The zero-order chi connectivity index (χ0) is 24.8. The maximum atomic E-state index is 13.5. The maximum Gasteiger partial charge on any atom is 0.247 e. The average Bonchev–Trinajstić information content (AvgIpc) is 3.51. The number of aliphatic hydroxyl groups excluding tert-OH is 2. The predicted octanol–water partition coefficient (Wildman–Crippen LogP) is 2.14. The molecule has 1 heterocycles. The van der Waals surface area contributed by atoms with E-state index in [1.807, 2.05) is 31.2 Å². The van der Waals surface area contributed by atoms with Gasteiger partial charge in [-0.1, -0.05) is 31.0 Å². The van der Waals surface area contributed by atoms with Gasteiger partial charge in [0.2, 0.25) is 11.8 Å². The van der Waals surface area contributed by atoms with Crippen molar-refractivity contribution < 1.29 is 29.3 Å². The SMILES string of the molecule is CCOCCCN(C(=O)CC1CCCC1)C1C=C(C(=O)NCCO)C2c3ccccc3OC2C1O. The molecule has 0 bridgehead atoms. The zero-order valence-corrected chi connectivity index (χ0v) is 20.5. The maximum absolute atomic E-state index is 13.5. The third-order valence-corrected chi connectivity index (χ3v) is 7.39. The minimum absolute atomic E-state index is 0.00206.